The average molecular weight is 651 g/mol. The highest BCUT2D eigenvalue weighted by Crippen LogP contribution is 2.43. The lowest BCUT2D eigenvalue weighted by atomic mass is 9.93. The fourth-order valence-corrected chi connectivity index (χ4v) is 9.89. The molecule has 0 saturated carbocycles. The molecule has 4 nitrogen and oxygen atoms in total. The Morgan fingerprint density at radius 2 is 1.20 bits per heavy atom. The Balaban J connectivity index is 1.14. The zero-order valence-corrected chi connectivity index (χ0v) is 27.3. The zero-order chi connectivity index (χ0) is 32.5. The first-order valence-electron chi connectivity index (χ1n) is 16.5. The summed E-state index contributed by atoms with van der Waals surface area (Å²) in [6, 6.07) is 56.4. The number of fused-ring (bicyclic) bond motifs is 7. The molecule has 0 aliphatic carbocycles. The minimum Gasteiger partial charge on any atom is -0.456 e. The number of aromatic nitrogens is 1. The van der Waals surface area contributed by atoms with Crippen LogP contribution in [0.15, 0.2) is 184 Å². The molecular formula is C44H30N2O2S. The topological polar surface area (TPSA) is 47.2 Å². The molecule has 9 aromatic rings. The van der Waals surface area contributed by atoms with Gasteiger partial charge in [-0.25, -0.2) is 0 Å². The smallest absolute Gasteiger partial charge is 0.136 e. The second-order valence-electron chi connectivity index (χ2n) is 12.6. The molecule has 0 radical (unpaired) electrons. The summed E-state index contributed by atoms with van der Waals surface area (Å²) in [7, 11) is -3.06. The van der Waals surface area contributed by atoms with Gasteiger partial charge in [0, 0.05) is 58.9 Å². The van der Waals surface area contributed by atoms with Crippen LogP contribution in [0.2, 0.25) is 0 Å². The average Bonchev–Trinajstić information content (AvgIpc) is 3.71. The third kappa shape index (κ3) is 4.19. The number of nitrogens with zero attached hydrogens (tertiary/aromatic N) is 1. The van der Waals surface area contributed by atoms with Gasteiger partial charge in [-0.05, 0) is 89.0 Å². The summed E-state index contributed by atoms with van der Waals surface area (Å²) < 4.78 is 26.7. The van der Waals surface area contributed by atoms with Gasteiger partial charge in [-0.2, -0.15) is 0 Å². The molecule has 234 valence electrons. The van der Waals surface area contributed by atoms with Gasteiger partial charge in [-0.15, -0.1) is 0 Å². The van der Waals surface area contributed by atoms with Crippen LogP contribution in [-0.2, 0) is 10.1 Å². The second-order valence-corrected chi connectivity index (χ2v) is 15.0. The van der Waals surface area contributed by atoms with Crippen molar-refractivity contribution in [1.29, 1.82) is 0 Å². The predicted molar refractivity (Wildman–Crippen MR) is 203 cm³/mol. The molecule has 3 heterocycles. The van der Waals surface area contributed by atoms with E-state index in [-0.39, 0.29) is 0 Å². The highest BCUT2D eigenvalue weighted by Gasteiger charge is 2.29. The summed E-state index contributed by atoms with van der Waals surface area (Å²) in [6.45, 7) is 0. The Kier molecular flexibility index (Phi) is 6.08. The van der Waals surface area contributed by atoms with Gasteiger partial charge in [0.05, 0.1) is 11.0 Å². The Bertz CT molecular complexity index is 2830. The largest absolute Gasteiger partial charge is 0.456 e. The number of hydrogen-bond donors (Lipinski definition) is 2. The van der Waals surface area contributed by atoms with Crippen LogP contribution in [0.5, 0.6) is 0 Å². The van der Waals surface area contributed by atoms with E-state index in [1.807, 2.05) is 66.9 Å². The maximum Gasteiger partial charge on any atom is 0.136 e. The molecule has 10 rings (SSSR count). The van der Waals surface area contributed by atoms with Crippen molar-refractivity contribution in [3.63, 3.8) is 0 Å². The van der Waals surface area contributed by atoms with Crippen LogP contribution in [0.25, 0.3) is 66.1 Å². The number of nitrogens with one attached hydrogen (secondary N) is 1. The van der Waals surface area contributed by atoms with Gasteiger partial charge in [-0.3, -0.25) is 4.21 Å². The molecule has 0 saturated heterocycles. The van der Waals surface area contributed by atoms with E-state index in [0.717, 1.165) is 65.2 Å². The maximum absolute atomic E-state index is 14.5. The van der Waals surface area contributed by atoms with Gasteiger partial charge in [0.2, 0.25) is 0 Å². The van der Waals surface area contributed by atoms with Crippen LogP contribution in [0.4, 0.5) is 0 Å². The lowest BCUT2D eigenvalue weighted by Crippen LogP contribution is -2.31. The molecule has 0 spiro atoms. The Labute approximate surface area is 284 Å². The van der Waals surface area contributed by atoms with Crippen LogP contribution < -0.4 is 4.72 Å². The fourth-order valence-electron chi connectivity index (χ4n) is 7.59. The van der Waals surface area contributed by atoms with Crippen LogP contribution in [0.3, 0.4) is 0 Å². The van der Waals surface area contributed by atoms with Crippen LogP contribution in [-0.4, -0.2) is 8.78 Å². The van der Waals surface area contributed by atoms with E-state index in [1.54, 1.807) is 0 Å². The molecule has 5 heteroatoms. The van der Waals surface area contributed by atoms with E-state index in [0.29, 0.717) is 0 Å². The van der Waals surface area contributed by atoms with Crippen molar-refractivity contribution in [3.05, 3.63) is 181 Å². The van der Waals surface area contributed by atoms with Crippen molar-refractivity contribution in [3.8, 4) is 16.8 Å². The molecule has 0 atom stereocenters. The summed E-state index contributed by atoms with van der Waals surface area (Å²) in [4.78, 5) is 1.60. The van der Waals surface area contributed by atoms with Gasteiger partial charge in [0.15, 0.2) is 0 Å². The third-order valence-corrected chi connectivity index (χ3v) is 12.4. The lowest BCUT2D eigenvalue weighted by molar-refractivity contribution is 0.664. The minimum absolute atomic E-state index is 0.790. The van der Waals surface area contributed by atoms with E-state index in [2.05, 4.69) is 112 Å². The molecule has 7 aromatic carbocycles. The molecule has 49 heavy (non-hydrogen) atoms. The first-order valence-corrected chi connectivity index (χ1v) is 18.2. The molecule has 0 fully saturated rings. The second kappa shape index (κ2) is 10.7. The van der Waals surface area contributed by atoms with Gasteiger partial charge < -0.3 is 13.7 Å². The monoisotopic (exact) mass is 650 g/mol. The molecule has 0 bridgehead atoms. The highest BCUT2D eigenvalue weighted by molar-refractivity contribution is 8.01. The molecule has 2 aromatic heterocycles. The molecule has 1 aliphatic heterocycles. The number of para-hydroxylation sites is 2. The van der Waals surface area contributed by atoms with E-state index in [9.17, 15) is 4.21 Å². The van der Waals surface area contributed by atoms with Crippen molar-refractivity contribution < 1.29 is 8.63 Å². The Morgan fingerprint density at radius 3 is 2.06 bits per heavy atom. The van der Waals surface area contributed by atoms with Crippen LogP contribution in [0, 0.1) is 0 Å². The SMILES string of the molecule is O=[SH]1(c2ccccc2)NC=C(c2cccc3oc4ccc(-c5ccc6c(c5)c5ccccc5n6-c5ccccc5)cc4c23)c2ccccc21. The van der Waals surface area contributed by atoms with E-state index >= 15 is 0 Å². The normalized spacial score (nSPS) is 14.5. The molecular weight excluding hydrogens is 621 g/mol. The minimum atomic E-state index is -3.06. The number of hydrogen-bond acceptors (Lipinski definition) is 2. The Morgan fingerprint density at radius 1 is 0.531 bits per heavy atom. The predicted octanol–water partition coefficient (Wildman–Crippen LogP) is 10.7. The van der Waals surface area contributed by atoms with Crippen molar-refractivity contribution in [2.75, 3.05) is 0 Å². The number of benzene rings is 7. The molecule has 1 N–H and O–H groups in total. The molecule has 1 aliphatic rings. The van der Waals surface area contributed by atoms with Crippen molar-refractivity contribution in [1.82, 2.24) is 9.29 Å². The number of furan rings is 1. The summed E-state index contributed by atoms with van der Waals surface area (Å²) in [6.07, 6.45) is 1.93. The number of rotatable bonds is 4. The maximum atomic E-state index is 14.5. The van der Waals surface area contributed by atoms with Crippen LogP contribution in [0.1, 0.15) is 11.1 Å². The van der Waals surface area contributed by atoms with E-state index < -0.39 is 10.1 Å². The lowest BCUT2D eigenvalue weighted by Gasteiger charge is -2.32. The van der Waals surface area contributed by atoms with Gasteiger partial charge in [0.1, 0.15) is 11.2 Å². The first kappa shape index (κ1) is 27.9. The van der Waals surface area contributed by atoms with Crippen molar-refractivity contribution >= 4 is 59.4 Å². The molecule has 0 amide bonds. The quantitative estimate of drug-likeness (QED) is 0.186. The summed E-state index contributed by atoms with van der Waals surface area (Å²) in [5.41, 5.74) is 10.4. The Hall–Kier alpha value is -6.17. The van der Waals surface area contributed by atoms with Crippen molar-refractivity contribution in [2.45, 2.75) is 9.79 Å². The fraction of sp³-hybridized carbons (Fsp3) is 0. The summed E-state index contributed by atoms with van der Waals surface area (Å²) >= 11 is 0. The van der Waals surface area contributed by atoms with Crippen molar-refractivity contribution in [2.24, 2.45) is 0 Å². The third-order valence-electron chi connectivity index (χ3n) is 9.85. The summed E-state index contributed by atoms with van der Waals surface area (Å²) in [5, 5.41) is 4.53. The van der Waals surface area contributed by atoms with Crippen LogP contribution >= 0.6 is 0 Å². The van der Waals surface area contributed by atoms with E-state index in [1.165, 1.54) is 21.8 Å². The zero-order valence-electron chi connectivity index (χ0n) is 26.4. The first-order chi connectivity index (χ1) is 24.2. The highest BCUT2D eigenvalue weighted by atomic mass is 32.3. The number of thiol groups is 1. The van der Waals surface area contributed by atoms with Gasteiger partial charge in [-0.1, -0.05) is 97.1 Å². The van der Waals surface area contributed by atoms with Gasteiger partial charge in [0.25, 0.3) is 0 Å². The van der Waals surface area contributed by atoms with Gasteiger partial charge >= 0.3 is 0 Å². The standard InChI is InChI=1S/C44H30N2O2S/c47-49(32-14-5-2-6-15-32)43-21-10-8-17-34(43)38(28-45-49)35-18-11-20-42-44(35)37-27-30(23-25-41(37)48-42)29-22-24-40-36(26-29)33-16-7-9-19-39(33)46(40)31-12-3-1-4-13-31/h1-28,49H,(H,45,47). The molecule has 0 unspecified atom stereocenters. The summed E-state index contributed by atoms with van der Waals surface area (Å²) in [5.74, 6) is 0. The van der Waals surface area contributed by atoms with E-state index in [4.69, 9.17) is 4.42 Å².